The lowest BCUT2D eigenvalue weighted by Gasteiger charge is -2.30. The first-order chi connectivity index (χ1) is 12.9. The van der Waals surface area contributed by atoms with Crippen LogP contribution in [0.2, 0.25) is 5.02 Å². The lowest BCUT2D eigenvalue weighted by atomic mass is 9.79. The Morgan fingerprint density at radius 1 is 1.33 bits per heavy atom. The monoisotopic (exact) mass is 391 g/mol. The first kappa shape index (κ1) is 18.9. The molecule has 5 heteroatoms. The van der Waals surface area contributed by atoms with E-state index in [2.05, 4.69) is 4.57 Å². The van der Waals surface area contributed by atoms with Crippen LogP contribution in [0, 0.1) is 5.92 Å². The molecule has 4 rings (SSSR count). The molecule has 146 valence electrons. The number of ether oxygens (including phenoxy) is 1. The normalized spacial score (nSPS) is 28.3. The Kier molecular flexibility index (Phi) is 5.30. The second kappa shape index (κ2) is 7.56. The van der Waals surface area contributed by atoms with Gasteiger partial charge in [-0.1, -0.05) is 17.7 Å². The molecule has 1 atom stereocenters. The summed E-state index contributed by atoms with van der Waals surface area (Å²) in [4.78, 5) is 13.0. The average Bonchev–Trinajstić information content (AvgIpc) is 2.97. The van der Waals surface area contributed by atoms with E-state index in [1.165, 1.54) is 0 Å². The highest BCUT2D eigenvalue weighted by atomic mass is 35.5. The lowest BCUT2D eigenvalue weighted by molar-refractivity contribution is -0.0586. The van der Waals surface area contributed by atoms with E-state index < -0.39 is 5.67 Å². The molecule has 2 aliphatic rings. The second-order valence-corrected chi connectivity index (χ2v) is 8.84. The summed E-state index contributed by atoms with van der Waals surface area (Å²) in [6, 6.07) is 5.78. The number of hydrogen-bond donors (Lipinski definition) is 0. The molecule has 2 fully saturated rings. The summed E-state index contributed by atoms with van der Waals surface area (Å²) in [6.45, 7) is 3.26. The largest absolute Gasteiger partial charge is 0.376 e. The van der Waals surface area contributed by atoms with Crippen LogP contribution in [0.5, 0.6) is 0 Å². The zero-order valence-electron chi connectivity index (χ0n) is 15.8. The zero-order chi connectivity index (χ0) is 19.0. The fourth-order valence-electron chi connectivity index (χ4n) is 4.36. The summed E-state index contributed by atoms with van der Waals surface area (Å²) in [7, 11) is 0. The van der Waals surface area contributed by atoms with Gasteiger partial charge in [0.15, 0.2) is 5.78 Å². The maximum atomic E-state index is 14.0. The minimum absolute atomic E-state index is 0.134. The van der Waals surface area contributed by atoms with E-state index in [-0.39, 0.29) is 11.9 Å². The maximum absolute atomic E-state index is 14.0. The molecule has 1 aromatic carbocycles. The first-order valence-corrected chi connectivity index (χ1v) is 10.4. The molecule has 1 aliphatic heterocycles. The zero-order valence-corrected chi connectivity index (χ0v) is 16.6. The predicted molar refractivity (Wildman–Crippen MR) is 106 cm³/mol. The molecule has 27 heavy (non-hydrogen) atoms. The van der Waals surface area contributed by atoms with E-state index in [1.54, 1.807) is 6.92 Å². The summed E-state index contributed by atoms with van der Waals surface area (Å²) in [5.74, 6) is 0.583. The molecule has 0 bridgehead atoms. The highest BCUT2D eigenvalue weighted by Crippen LogP contribution is 2.37. The van der Waals surface area contributed by atoms with Crippen molar-refractivity contribution in [2.75, 3.05) is 6.61 Å². The number of aromatic nitrogens is 1. The number of Topliss-reactive ketones (excluding diaryl/α,β-unsaturated/α-hetero) is 1. The summed E-state index contributed by atoms with van der Waals surface area (Å²) < 4.78 is 21.6. The minimum Gasteiger partial charge on any atom is -0.376 e. The minimum atomic E-state index is -1.02. The van der Waals surface area contributed by atoms with Gasteiger partial charge in [0.05, 0.1) is 16.6 Å². The predicted octanol–water partition coefficient (Wildman–Crippen LogP) is 5.96. The second-order valence-electron chi connectivity index (χ2n) is 8.43. The van der Waals surface area contributed by atoms with Gasteiger partial charge < -0.3 is 9.30 Å². The van der Waals surface area contributed by atoms with E-state index in [0.717, 1.165) is 49.7 Å². The fourth-order valence-corrected chi connectivity index (χ4v) is 4.63. The Bertz CT molecular complexity index is 830. The Balaban J connectivity index is 1.49. The Labute approximate surface area is 164 Å². The molecule has 3 nitrogen and oxygen atoms in total. The van der Waals surface area contributed by atoms with Gasteiger partial charge >= 0.3 is 0 Å². The van der Waals surface area contributed by atoms with Crippen molar-refractivity contribution in [3.05, 3.63) is 35.0 Å². The molecule has 1 unspecified atom stereocenters. The van der Waals surface area contributed by atoms with Crippen LogP contribution in [-0.4, -0.2) is 28.7 Å². The molecule has 1 saturated heterocycles. The third kappa shape index (κ3) is 4.07. The van der Waals surface area contributed by atoms with Gasteiger partial charge in [-0.25, -0.2) is 4.39 Å². The van der Waals surface area contributed by atoms with E-state index in [1.807, 2.05) is 24.4 Å². The van der Waals surface area contributed by atoms with Crippen molar-refractivity contribution in [2.45, 2.75) is 70.2 Å². The first-order valence-electron chi connectivity index (χ1n) is 10.0. The molecule has 2 aromatic rings. The van der Waals surface area contributed by atoms with Crippen LogP contribution in [-0.2, 0) is 11.3 Å². The number of ketones is 1. The number of fused-ring (bicyclic) bond motifs is 1. The van der Waals surface area contributed by atoms with Crippen molar-refractivity contribution in [2.24, 2.45) is 5.92 Å². The van der Waals surface area contributed by atoms with Crippen molar-refractivity contribution >= 4 is 28.3 Å². The van der Waals surface area contributed by atoms with Crippen LogP contribution < -0.4 is 0 Å². The van der Waals surface area contributed by atoms with Gasteiger partial charge in [-0.3, -0.25) is 4.79 Å². The lowest BCUT2D eigenvalue weighted by Crippen LogP contribution is -2.30. The van der Waals surface area contributed by atoms with E-state index in [4.69, 9.17) is 16.3 Å². The van der Waals surface area contributed by atoms with Crippen molar-refractivity contribution < 1.29 is 13.9 Å². The number of halogens is 2. The van der Waals surface area contributed by atoms with Gasteiger partial charge in [-0.05, 0) is 63.5 Å². The maximum Gasteiger partial charge on any atom is 0.165 e. The van der Waals surface area contributed by atoms with Gasteiger partial charge in [-0.2, -0.15) is 0 Å². The van der Waals surface area contributed by atoms with Crippen LogP contribution in [0.1, 0.15) is 62.2 Å². The number of hydrogen-bond acceptors (Lipinski definition) is 2. The molecule has 0 radical (unpaired) electrons. The van der Waals surface area contributed by atoms with Crippen LogP contribution in [0.15, 0.2) is 24.4 Å². The molecule has 1 aliphatic carbocycles. The molecule has 2 heterocycles. The van der Waals surface area contributed by atoms with E-state index >= 15 is 0 Å². The Hall–Kier alpha value is -1.39. The standard InChI is InChI=1S/C22H27ClFNO2/c1-22(24)10-7-15(8-11-22)5-6-20(26)17-14-25(13-16-9-12-27-16)19-4-2-3-18(23)21(17)19/h2-4,14-16H,5-13H2,1H3. The van der Waals surface area contributed by atoms with Crippen molar-refractivity contribution in [3.63, 3.8) is 0 Å². The highest BCUT2D eigenvalue weighted by Gasteiger charge is 2.31. The molecule has 1 aromatic heterocycles. The van der Waals surface area contributed by atoms with Gasteiger partial charge in [0.1, 0.15) is 5.67 Å². The molecule has 1 saturated carbocycles. The highest BCUT2D eigenvalue weighted by molar-refractivity contribution is 6.37. The van der Waals surface area contributed by atoms with Gasteiger partial charge in [0.2, 0.25) is 0 Å². The quantitative estimate of drug-likeness (QED) is 0.568. The van der Waals surface area contributed by atoms with Gasteiger partial charge in [0.25, 0.3) is 0 Å². The van der Waals surface area contributed by atoms with Crippen LogP contribution in [0.25, 0.3) is 10.9 Å². The number of carbonyl (C=O) groups is 1. The van der Waals surface area contributed by atoms with Crippen molar-refractivity contribution in [1.82, 2.24) is 4.57 Å². The van der Waals surface area contributed by atoms with Crippen molar-refractivity contribution in [1.29, 1.82) is 0 Å². The topological polar surface area (TPSA) is 31.2 Å². The van der Waals surface area contributed by atoms with E-state index in [9.17, 15) is 9.18 Å². The molecular weight excluding hydrogens is 365 g/mol. The Morgan fingerprint density at radius 2 is 2.07 bits per heavy atom. The SMILES string of the molecule is CC1(F)CCC(CCC(=O)c2cn(CC3CCO3)c3cccc(Cl)c23)CC1. The third-order valence-corrected chi connectivity index (χ3v) is 6.59. The molecule has 0 N–H and O–H groups in total. The number of rotatable bonds is 6. The van der Waals surface area contributed by atoms with Crippen LogP contribution >= 0.6 is 11.6 Å². The molecule has 0 spiro atoms. The summed E-state index contributed by atoms with van der Waals surface area (Å²) in [5, 5.41) is 1.47. The fraction of sp³-hybridized carbons (Fsp3) is 0.591. The number of nitrogens with zero attached hydrogens (tertiary/aromatic N) is 1. The van der Waals surface area contributed by atoms with E-state index in [0.29, 0.717) is 35.8 Å². The summed E-state index contributed by atoms with van der Waals surface area (Å²) in [5.41, 5.74) is 0.679. The number of alkyl halides is 1. The van der Waals surface area contributed by atoms with Gasteiger partial charge in [-0.15, -0.1) is 0 Å². The van der Waals surface area contributed by atoms with Crippen LogP contribution in [0.3, 0.4) is 0 Å². The number of carbonyl (C=O) groups excluding carboxylic acids is 1. The van der Waals surface area contributed by atoms with Gasteiger partial charge in [0, 0.05) is 36.7 Å². The number of benzene rings is 1. The average molecular weight is 392 g/mol. The molecular formula is C22H27ClFNO2. The summed E-state index contributed by atoms with van der Waals surface area (Å²) >= 11 is 6.45. The summed E-state index contributed by atoms with van der Waals surface area (Å²) in [6.07, 6.45) is 7.52. The third-order valence-electron chi connectivity index (χ3n) is 6.28. The Morgan fingerprint density at radius 3 is 2.74 bits per heavy atom. The van der Waals surface area contributed by atoms with Crippen LogP contribution in [0.4, 0.5) is 4.39 Å². The van der Waals surface area contributed by atoms with Crippen molar-refractivity contribution in [3.8, 4) is 0 Å². The smallest absolute Gasteiger partial charge is 0.165 e. The molecule has 0 amide bonds.